The highest BCUT2D eigenvalue weighted by Gasteiger charge is 2.13. The van der Waals surface area contributed by atoms with Crippen LogP contribution in [0, 0.1) is 11.3 Å². The number of benzene rings is 2. The topological polar surface area (TPSA) is 119 Å². The number of aryl methyl sites for hydroxylation is 1. The number of carbonyl (C=O) groups is 1. The summed E-state index contributed by atoms with van der Waals surface area (Å²) in [5, 5.41) is 14.6. The fourth-order valence-corrected chi connectivity index (χ4v) is 2.91. The largest absolute Gasteiger partial charge is 0.360 e. The Morgan fingerprint density at radius 3 is 2.50 bits per heavy atom. The van der Waals surface area contributed by atoms with E-state index in [1.807, 2.05) is 24.3 Å². The molecule has 28 heavy (non-hydrogen) atoms. The molecule has 0 bridgehead atoms. The Bertz CT molecular complexity index is 1010. The molecule has 0 saturated heterocycles. The van der Waals surface area contributed by atoms with E-state index in [1.165, 1.54) is 30.0 Å². The summed E-state index contributed by atoms with van der Waals surface area (Å²) in [5.74, 6) is -0.706. The molecule has 2 aromatic rings. The third kappa shape index (κ3) is 6.23. The van der Waals surface area contributed by atoms with Gasteiger partial charge >= 0.3 is 0 Å². The number of nitrogens with zero attached hydrogens (tertiary/aromatic N) is 1. The summed E-state index contributed by atoms with van der Waals surface area (Å²) in [7, 11) is -4.39. The van der Waals surface area contributed by atoms with Crippen molar-refractivity contribution >= 4 is 27.4 Å². The number of nitrogens with one attached hydrogen (secondary N) is 2. The molecule has 8 heteroatoms. The molecule has 0 atom stereocenters. The van der Waals surface area contributed by atoms with Gasteiger partial charge in [0.05, 0.1) is 4.90 Å². The summed E-state index contributed by atoms with van der Waals surface area (Å²) in [5.41, 5.74) is 1.90. The minimum absolute atomic E-state index is 0.140. The van der Waals surface area contributed by atoms with E-state index in [-0.39, 0.29) is 16.2 Å². The molecule has 3 N–H and O–H groups in total. The van der Waals surface area contributed by atoms with E-state index in [0.29, 0.717) is 0 Å². The number of amides is 1. The van der Waals surface area contributed by atoms with Crippen molar-refractivity contribution in [2.75, 3.05) is 10.6 Å². The highest BCUT2D eigenvalue weighted by molar-refractivity contribution is 7.85. The van der Waals surface area contributed by atoms with Crippen molar-refractivity contribution in [2.24, 2.45) is 0 Å². The predicted octanol–water partition coefficient (Wildman–Crippen LogP) is 3.73. The maximum Gasteiger partial charge on any atom is 0.294 e. The van der Waals surface area contributed by atoms with E-state index >= 15 is 0 Å². The van der Waals surface area contributed by atoms with Gasteiger partial charge in [-0.2, -0.15) is 13.7 Å². The van der Waals surface area contributed by atoms with Crippen LogP contribution in [0.2, 0.25) is 0 Å². The van der Waals surface area contributed by atoms with Crippen LogP contribution in [-0.4, -0.2) is 18.9 Å². The molecule has 0 unspecified atom stereocenters. The summed E-state index contributed by atoms with van der Waals surface area (Å²) in [4.78, 5) is 11.9. The van der Waals surface area contributed by atoms with Crippen LogP contribution in [0.25, 0.3) is 0 Å². The average molecular weight is 399 g/mol. The molecule has 0 aliphatic rings. The van der Waals surface area contributed by atoms with Crippen molar-refractivity contribution < 1.29 is 17.8 Å². The molecule has 146 valence electrons. The second-order valence-electron chi connectivity index (χ2n) is 6.07. The third-order valence-electron chi connectivity index (χ3n) is 3.91. The second kappa shape index (κ2) is 9.69. The maximum absolute atomic E-state index is 12.2. The molecule has 0 heterocycles. The van der Waals surface area contributed by atoms with Gasteiger partial charge in [0.15, 0.2) is 0 Å². The lowest BCUT2D eigenvalue weighted by atomic mass is 10.1. The van der Waals surface area contributed by atoms with E-state index in [0.717, 1.165) is 31.0 Å². The number of carbonyl (C=O) groups excluding carboxylic acids is 1. The minimum Gasteiger partial charge on any atom is -0.360 e. The molecule has 0 radical (unpaired) electrons. The minimum atomic E-state index is -4.39. The SMILES string of the molecule is CCCCc1ccc(N/C=C(/C#N)C(=O)Nc2cccc(S(=O)(=O)O)c2)cc1. The zero-order chi connectivity index (χ0) is 20.6. The van der Waals surface area contributed by atoms with Gasteiger partial charge in [-0.1, -0.05) is 31.5 Å². The van der Waals surface area contributed by atoms with Gasteiger partial charge in [0.1, 0.15) is 11.6 Å². The Labute approximate surface area is 164 Å². The molecule has 0 fully saturated rings. The smallest absolute Gasteiger partial charge is 0.294 e. The van der Waals surface area contributed by atoms with Crippen LogP contribution < -0.4 is 10.6 Å². The first-order chi connectivity index (χ1) is 13.3. The summed E-state index contributed by atoms with van der Waals surface area (Å²) >= 11 is 0. The first-order valence-corrected chi connectivity index (χ1v) is 10.1. The molecule has 0 spiro atoms. The van der Waals surface area contributed by atoms with Gasteiger partial charge in [0, 0.05) is 17.6 Å². The summed E-state index contributed by atoms with van der Waals surface area (Å²) in [6.45, 7) is 2.13. The number of nitriles is 1. The Morgan fingerprint density at radius 2 is 1.89 bits per heavy atom. The first kappa shape index (κ1) is 21.2. The van der Waals surface area contributed by atoms with Crippen LogP contribution in [0.4, 0.5) is 11.4 Å². The van der Waals surface area contributed by atoms with Gasteiger partial charge in [0.2, 0.25) is 0 Å². The fourth-order valence-electron chi connectivity index (χ4n) is 2.39. The van der Waals surface area contributed by atoms with Gasteiger partial charge in [-0.25, -0.2) is 0 Å². The van der Waals surface area contributed by atoms with Crippen LogP contribution in [0.3, 0.4) is 0 Å². The van der Waals surface area contributed by atoms with E-state index in [9.17, 15) is 18.5 Å². The molecular weight excluding hydrogens is 378 g/mol. The van der Waals surface area contributed by atoms with Gasteiger partial charge in [-0.05, 0) is 48.7 Å². The van der Waals surface area contributed by atoms with Crippen molar-refractivity contribution in [1.29, 1.82) is 5.26 Å². The normalized spacial score (nSPS) is 11.5. The molecule has 1 amide bonds. The van der Waals surface area contributed by atoms with Crippen LogP contribution in [0.15, 0.2) is 65.2 Å². The highest BCUT2D eigenvalue weighted by Crippen LogP contribution is 2.16. The second-order valence-corrected chi connectivity index (χ2v) is 7.49. The van der Waals surface area contributed by atoms with E-state index in [2.05, 4.69) is 17.6 Å². The lowest BCUT2D eigenvalue weighted by Gasteiger charge is -2.07. The molecule has 2 rings (SSSR count). The van der Waals surface area contributed by atoms with Gasteiger partial charge in [-0.15, -0.1) is 0 Å². The lowest BCUT2D eigenvalue weighted by molar-refractivity contribution is -0.112. The fraction of sp³-hybridized carbons (Fsp3) is 0.200. The summed E-state index contributed by atoms with van der Waals surface area (Å²) in [6, 6.07) is 14.6. The van der Waals surface area contributed by atoms with Crippen LogP contribution in [-0.2, 0) is 21.3 Å². The highest BCUT2D eigenvalue weighted by atomic mass is 32.2. The van der Waals surface area contributed by atoms with Gasteiger partial charge in [-0.3, -0.25) is 9.35 Å². The number of unbranched alkanes of at least 4 members (excludes halogenated alkanes) is 1. The van der Waals surface area contributed by atoms with Gasteiger partial charge < -0.3 is 10.6 Å². The maximum atomic E-state index is 12.2. The van der Waals surface area contributed by atoms with Crippen LogP contribution >= 0.6 is 0 Å². The molecule has 7 nitrogen and oxygen atoms in total. The number of rotatable bonds is 8. The Hall–Kier alpha value is -3.15. The summed E-state index contributed by atoms with van der Waals surface area (Å²) < 4.78 is 31.4. The van der Waals surface area contributed by atoms with Crippen LogP contribution in [0.1, 0.15) is 25.3 Å². The number of hydrogen-bond acceptors (Lipinski definition) is 5. The molecule has 0 aliphatic heterocycles. The quantitative estimate of drug-likeness (QED) is 0.353. The van der Waals surface area contributed by atoms with Crippen molar-refractivity contribution in [2.45, 2.75) is 31.1 Å². The third-order valence-corrected chi connectivity index (χ3v) is 4.76. The van der Waals surface area contributed by atoms with E-state index < -0.39 is 16.0 Å². The van der Waals surface area contributed by atoms with Crippen molar-refractivity contribution in [3.8, 4) is 6.07 Å². The molecule has 0 aromatic heterocycles. The monoisotopic (exact) mass is 399 g/mol. The first-order valence-electron chi connectivity index (χ1n) is 8.68. The van der Waals surface area contributed by atoms with E-state index in [1.54, 1.807) is 6.07 Å². The molecule has 0 aliphatic carbocycles. The molecule has 0 saturated carbocycles. The van der Waals surface area contributed by atoms with Crippen molar-refractivity contribution in [3.05, 3.63) is 65.9 Å². The molecule has 2 aromatic carbocycles. The Balaban J connectivity index is 2.06. The zero-order valence-electron chi connectivity index (χ0n) is 15.3. The average Bonchev–Trinajstić information content (AvgIpc) is 2.67. The Morgan fingerprint density at radius 1 is 1.18 bits per heavy atom. The van der Waals surface area contributed by atoms with Crippen molar-refractivity contribution in [1.82, 2.24) is 0 Å². The summed E-state index contributed by atoms with van der Waals surface area (Å²) in [6.07, 6.45) is 4.52. The van der Waals surface area contributed by atoms with Crippen LogP contribution in [0.5, 0.6) is 0 Å². The number of hydrogen-bond donors (Lipinski definition) is 3. The lowest BCUT2D eigenvalue weighted by Crippen LogP contribution is -2.15. The zero-order valence-corrected chi connectivity index (χ0v) is 16.2. The van der Waals surface area contributed by atoms with Gasteiger partial charge in [0.25, 0.3) is 16.0 Å². The molecular formula is C20H21N3O4S. The van der Waals surface area contributed by atoms with Crippen molar-refractivity contribution in [3.63, 3.8) is 0 Å². The Kier molecular flexibility index (Phi) is 7.32. The van der Waals surface area contributed by atoms with E-state index in [4.69, 9.17) is 4.55 Å². The number of anilines is 2. The predicted molar refractivity (Wildman–Crippen MR) is 107 cm³/mol. The standard InChI is InChI=1S/C20H21N3O4S/c1-2-3-5-15-8-10-17(11-9-15)22-14-16(13-21)20(24)23-18-6-4-7-19(12-18)28(25,26)27/h4,6-12,14,22H,2-3,5H2,1H3,(H,23,24)(H,25,26,27)/b16-14-.